The van der Waals surface area contributed by atoms with Gasteiger partial charge in [0.25, 0.3) is 5.91 Å². The Balaban J connectivity index is 1.68. The van der Waals surface area contributed by atoms with Gasteiger partial charge in [-0.25, -0.2) is 4.98 Å². The number of aromatic nitrogens is 1. The van der Waals surface area contributed by atoms with Gasteiger partial charge in [0, 0.05) is 27.5 Å². The number of hydrogen-bond donors (Lipinski definition) is 1. The number of halogens is 2. The van der Waals surface area contributed by atoms with Crippen molar-refractivity contribution in [3.8, 4) is 11.8 Å². The molecule has 0 aliphatic carbocycles. The molecule has 152 valence electrons. The number of carbonyl (C=O) groups excluding carboxylic acids is 1. The van der Waals surface area contributed by atoms with Crippen LogP contribution in [0, 0.1) is 11.3 Å². The second-order valence-electron chi connectivity index (χ2n) is 6.17. The summed E-state index contributed by atoms with van der Waals surface area (Å²) in [6.45, 7) is 2.47. The fourth-order valence-corrected chi connectivity index (χ4v) is 3.83. The van der Waals surface area contributed by atoms with E-state index in [1.165, 1.54) is 17.4 Å². The number of hydrogen-bond acceptors (Lipinski definition) is 5. The van der Waals surface area contributed by atoms with E-state index in [1.807, 2.05) is 13.0 Å². The molecule has 0 unspecified atom stereocenters. The average molecular weight is 458 g/mol. The normalized spacial score (nSPS) is 11.1. The number of ether oxygens (including phenoxy) is 1. The zero-order valence-corrected chi connectivity index (χ0v) is 18.3. The maximum Gasteiger partial charge on any atom is 0.268 e. The van der Waals surface area contributed by atoms with Crippen molar-refractivity contribution in [1.29, 1.82) is 5.26 Å². The van der Waals surface area contributed by atoms with Crippen LogP contribution in [-0.2, 0) is 11.2 Å². The highest BCUT2D eigenvalue weighted by atomic mass is 35.5. The van der Waals surface area contributed by atoms with Crippen LogP contribution in [0.4, 0.5) is 5.13 Å². The third-order valence-electron chi connectivity index (χ3n) is 4.01. The molecule has 1 N–H and O–H groups in total. The molecular weight excluding hydrogens is 441 g/mol. The Morgan fingerprint density at radius 3 is 2.73 bits per heavy atom. The van der Waals surface area contributed by atoms with E-state index in [4.69, 9.17) is 27.9 Å². The molecular formula is C22H17Cl2N3O2S. The zero-order valence-electron chi connectivity index (χ0n) is 16.0. The van der Waals surface area contributed by atoms with Gasteiger partial charge >= 0.3 is 0 Å². The maximum atomic E-state index is 12.5. The highest BCUT2D eigenvalue weighted by molar-refractivity contribution is 7.15. The third-order valence-corrected chi connectivity index (χ3v) is 5.53. The first-order valence-corrected chi connectivity index (χ1v) is 10.6. The van der Waals surface area contributed by atoms with Crippen LogP contribution in [0.25, 0.3) is 6.08 Å². The van der Waals surface area contributed by atoms with Gasteiger partial charge in [0.05, 0.1) is 6.61 Å². The van der Waals surface area contributed by atoms with Crippen LogP contribution < -0.4 is 10.1 Å². The summed E-state index contributed by atoms with van der Waals surface area (Å²) < 4.78 is 5.39. The van der Waals surface area contributed by atoms with Gasteiger partial charge < -0.3 is 4.74 Å². The molecule has 8 heteroatoms. The Kier molecular flexibility index (Phi) is 7.47. The second kappa shape index (κ2) is 10.3. The monoisotopic (exact) mass is 457 g/mol. The topological polar surface area (TPSA) is 75.0 Å². The van der Waals surface area contributed by atoms with Gasteiger partial charge in [-0.15, -0.1) is 11.3 Å². The molecule has 0 saturated carbocycles. The summed E-state index contributed by atoms with van der Waals surface area (Å²) in [7, 11) is 0. The molecule has 30 heavy (non-hydrogen) atoms. The van der Waals surface area contributed by atoms with Gasteiger partial charge in [0.1, 0.15) is 17.4 Å². The molecule has 3 rings (SSSR count). The van der Waals surface area contributed by atoms with Gasteiger partial charge in [-0.3, -0.25) is 10.1 Å². The molecule has 0 aliphatic heterocycles. The molecule has 0 radical (unpaired) electrons. The fraction of sp³-hybridized carbons (Fsp3) is 0.136. The Labute approximate surface area is 188 Å². The third kappa shape index (κ3) is 5.83. The predicted molar refractivity (Wildman–Crippen MR) is 121 cm³/mol. The van der Waals surface area contributed by atoms with Crippen molar-refractivity contribution in [3.63, 3.8) is 0 Å². The molecule has 5 nitrogen and oxygen atoms in total. The predicted octanol–water partition coefficient (Wildman–Crippen LogP) is 5.99. The van der Waals surface area contributed by atoms with Crippen molar-refractivity contribution in [1.82, 2.24) is 4.98 Å². The van der Waals surface area contributed by atoms with Gasteiger partial charge in [-0.05, 0) is 54.5 Å². The van der Waals surface area contributed by atoms with E-state index in [0.717, 1.165) is 21.8 Å². The van der Waals surface area contributed by atoms with E-state index >= 15 is 0 Å². The molecule has 1 aromatic heterocycles. The Morgan fingerprint density at radius 2 is 2.03 bits per heavy atom. The maximum absolute atomic E-state index is 12.5. The van der Waals surface area contributed by atoms with Crippen molar-refractivity contribution in [2.45, 2.75) is 13.3 Å². The molecule has 0 saturated heterocycles. The molecule has 0 atom stereocenters. The van der Waals surface area contributed by atoms with Crippen molar-refractivity contribution in [2.75, 3.05) is 11.9 Å². The Bertz CT molecular complexity index is 1120. The smallest absolute Gasteiger partial charge is 0.268 e. The van der Waals surface area contributed by atoms with E-state index in [0.29, 0.717) is 28.2 Å². The first kappa shape index (κ1) is 21.8. The highest BCUT2D eigenvalue weighted by Gasteiger charge is 2.13. The summed E-state index contributed by atoms with van der Waals surface area (Å²) >= 11 is 13.5. The highest BCUT2D eigenvalue weighted by Crippen LogP contribution is 2.27. The SMILES string of the molecule is CCOc1ccc(C=C(C#N)C(=O)Nc2ncc(Cc3cc(Cl)ccc3Cl)s2)cc1. The minimum Gasteiger partial charge on any atom is -0.494 e. The number of rotatable bonds is 7. The number of nitriles is 1. The lowest BCUT2D eigenvalue weighted by Crippen LogP contribution is -2.13. The van der Waals surface area contributed by atoms with Gasteiger partial charge in [0.15, 0.2) is 5.13 Å². The lowest BCUT2D eigenvalue weighted by atomic mass is 10.1. The summed E-state index contributed by atoms with van der Waals surface area (Å²) in [6.07, 6.45) is 3.73. The standard InChI is InChI=1S/C22H17Cl2N3O2S/c1-2-29-18-6-3-14(4-7-18)9-16(12-25)21(28)27-22-26-13-19(30-22)11-15-10-17(23)5-8-20(15)24/h3-10,13H,2,11H2,1H3,(H,26,27,28). The van der Waals surface area contributed by atoms with Crippen molar-refractivity contribution in [2.24, 2.45) is 0 Å². The van der Waals surface area contributed by atoms with Crippen LogP contribution >= 0.6 is 34.5 Å². The number of thiazole rings is 1. The largest absolute Gasteiger partial charge is 0.494 e. The fourth-order valence-electron chi connectivity index (χ4n) is 2.62. The van der Waals surface area contributed by atoms with E-state index in [2.05, 4.69) is 10.3 Å². The van der Waals surface area contributed by atoms with E-state index in [9.17, 15) is 10.1 Å². The van der Waals surface area contributed by atoms with Crippen molar-refractivity contribution in [3.05, 3.63) is 80.3 Å². The number of benzene rings is 2. The van der Waals surface area contributed by atoms with E-state index < -0.39 is 5.91 Å². The molecule has 0 bridgehead atoms. The number of nitrogens with zero attached hydrogens (tertiary/aromatic N) is 2. The summed E-state index contributed by atoms with van der Waals surface area (Å²) in [5, 5.41) is 13.7. The number of carbonyl (C=O) groups is 1. The molecule has 0 spiro atoms. The van der Waals surface area contributed by atoms with Crippen LogP contribution in [0.5, 0.6) is 5.75 Å². The quantitative estimate of drug-likeness (QED) is 0.349. The van der Waals surface area contributed by atoms with Gasteiger partial charge in [-0.2, -0.15) is 5.26 Å². The van der Waals surface area contributed by atoms with Crippen LogP contribution in [-0.4, -0.2) is 17.5 Å². The summed E-state index contributed by atoms with van der Waals surface area (Å²) in [5.41, 5.74) is 1.58. The lowest BCUT2D eigenvalue weighted by molar-refractivity contribution is -0.112. The summed E-state index contributed by atoms with van der Waals surface area (Å²) in [4.78, 5) is 17.6. The second-order valence-corrected chi connectivity index (χ2v) is 8.13. The van der Waals surface area contributed by atoms with Gasteiger partial charge in [-0.1, -0.05) is 35.3 Å². The molecule has 3 aromatic rings. The Morgan fingerprint density at radius 1 is 1.27 bits per heavy atom. The zero-order chi connectivity index (χ0) is 21.5. The molecule has 1 heterocycles. The van der Waals surface area contributed by atoms with Crippen molar-refractivity contribution >= 4 is 51.7 Å². The number of nitrogens with one attached hydrogen (secondary N) is 1. The summed E-state index contributed by atoms with van der Waals surface area (Å²) in [6, 6.07) is 14.3. The molecule has 0 aliphatic rings. The first-order valence-electron chi connectivity index (χ1n) is 9.03. The van der Waals surface area contributed by atoms with Crippen LogP contribution in [0.15, 0.2) is 54.2 Å². The van der Waals surface area contributed by atoms with Crippen LogP contribution in [0.2, 0.25) is 10.0 Å². The van der Waals surface area contributed by atoms with Crippen LogP contribution in [0.3, 0.4) is 0 Å². The minimum absolute atomic E-state index is 0.0196. The Hall–Kier alpha value is -2.85. The lowest BCUT2D eigenvalue weighted by Gasteiger charge is -2.03. The number of amides is 1. The first-order chi connectivity index (χ1) is 14.5. The van der Waals surface area contributed by atoms with E-state index in [1.54, 1.807) is 48.7 Å². The van der Waals surface area contributed by atoms with Crippen molar-refractivity contribution < 1.29 is 9.53 Å². The molecule has 0 fully saturated rings. The number of anilines is 1. The van der Waals surface area contributed by atoms with E-state index in [-0.39, 0.29) is 5.57 Å². The summed E-state index contributed by atoms with van der Waals surface area (Å²) in [5.74, 6) is 0.209. The average Bonchev–Trinajstić information content (AvgIpc) is 3.17. The molecule has 2 aromatic carbocycles. The van der Waals surface area contributed by atoms with Crippen LogP contribution in [0.1, 0.15) is 22.9 Å². The van der Waals surface area contributed by atoms with Gasteiger partial charge in [0.2, 0.25) is 0 Å². The molecule has 1 amide bonds. The minimum atomic E-state index is -0.520.